The number of rotatable bonds is 3. The summed E-state index contributed by atoms with van der Waals surface area (Å²) >= 11 is 0. The van der Waals surface area contributed by atoms with Crippen LogP contribution >= 0.6 is 12.4 Å². The van der Waals surface area contributed by atoms with Crippen LogP contribution in [-0.2, 0) is 9.59 Å². The van der Waals surface area contributed by atoms with Gasteiger partial charge in [0, 0.05) is 26.1 Å². The first kappa shape index (κ1) is 15.2. The molecule has 0 unspecified atom stereocenters. The van der Waals surface area contributed by atoms with Crippen LogP contribution in [0.4, 0.5) is 0 Å². The smallest absolute Gasteiger partial charge is 0.242 e. The zero-order chi connectivity index (χ0) is 12.3. The van der Waals surface area contributed by atoms with Crippen LogP contribution in [-0.4, -0.2) is 54.3 Å². The van der Waals surface area contributed by atoms with Crippen LogP contribution in [0.3, 0.4) is 0 Å². The molecule has 0 aromatic rings. The summed E-state index contributed by atoms with van der Waals surface area (Å²) in [5, 5.41) is 0. The molecule has 2 heterocycles. The van der Waals surface area contributed by atoms with Gasteiger partial charge in [-0.1, -0.05) is 0 Å². The molecule has 5 nitrogen and oxygen atoms in total. The van der Waals surface area contributed by atoms with E-state index in [1.165, 1.54) is 0 Å². The second-order valence-electron chi connectivity index (χ2n) is 4.98. The van der Waals surface area contributed by atoms with E-state index in [0.717, 1.165) is 38.9 Å². The molecule has 2 rings (SSSR count). The van der Waals surface area contributed by atoms with Gasteiger partial charge in [-0.25, -0.2) is 0 Å². The van der Waals surface area contributed by atoms with E-state index < -0.39 is 0 Å². The summed E-state index contributed by atoms with van der Waals surface area (Å²) in [6.07, 6.45) is 3.48. The SMILES string of the molecule is Cl.NCC1CCN(C(=O)CN2CCCC2=O)CC1. The van der Waals surface area contributed by atoms with Gasteiger partial charge >= 0.3 is 0 Å². The molecular weight excluding hydrogens is 254 g/mol. The van der Waals surface area contributed by atoms with Crippen LogP contribution < -0.4 is 5.73 Å². The molecule has 18 heavy (non-hydrogen) atoms. The number of amides is 2. The Morgan fingerprint density at radius 2 is 1.94 bits per heavy atom. The third kappa shape index (κ3) is 3.59. The Kier molecular flexibility index (Phi) is 5.88. The average molecular weight is 276 g/mol. The van der Waals surface area contributed by atoms with Gasteiger partial charge in [-0.05, 0) is 31.7 Å². The molecule has 2 amide bonds. The van der Waals surface area contributed by atoms with Gasteiger partial charge in [0.1, 0.15) is 0 Å². The van der Waals surface area contributed by atoms with Crippen molar-refractivity contribution >= 4 is 24.2 Å². The zero-order valence-corrected chi connectivity index (χ0v) is 11.5. The fourth-order valence-corrected chi connectivity index (χ4v) is 2.55. The molecule has 0 atom stereocenters. The highest BCUT2D eigenvalue weighted by Crippen LogP contribution is 2.17. The molecule has 2 N–H and O–H groups in total. The van der Waals surface area contributed by atoms with Crippen molar-refractivity contribution in [3.63, 3.8) is 0 Å². The van der Waals surface area contributed by atoms with Gasteiger partial charge in [0.2, 0.25) is 11.8 Å². The monoisotopic (exact) mass is 275 g/mol. The van der Waals surface area contributed by atoms with Crippen molar-refractivity contribution in [1.82, 2.24) is 9.80 Å². The maximum absolute atomic E-state index is 12.0. The highest BCUT2D eigenvalue weighted by molar-refractivity contribution is 5.86. The predicted molar refractivity (Wildman–Crippen MR) is 71.4 cm³/mol. The lowest BCUT2D eigenvalue weighted by atomic mass is 9.97. The summed E-state index contributed by atoms with van der Waals surface area (Å²) in [6, 6.07) is 0. The third-order valence-corrected chi connectivity index (χ3v) is 3.80. The quantitative estimate of drug-likeness (QED) is 0.802. The Labute approximate surface area is 114 Å². The van der Waals surface area contributed by atoms with Crippen LogP contribution in [0, 0.1) is 5.92 Å². The van der Waals surface area contributed by atoms with Crippen molar-refractivity contribution in [2.45, 2.75) is 25.7 Å². The molecule has 0 saturated carbocycles. The second-order valence-corrected chi connectivity index (χ2v) is 4.98. The van der Waals surface area contributed by atoms with E-state index in [0.29, 0.717) is 18.9 Å². The Morgan fingerprint density at radius 3 is 2.44 bits per heavy atom. The molecule has 0 bridgehead atoms. The maximum Gasteiger partial charge on any atom is 0.242 e. The molecule has 2 aliphatic heterocycles. The summed E-state index contributed by atoms with van der Waals surface area (Å²) in [5.41, 5.74) is 5.62. The number of carbonyl (C=O) groups is 2. The maximum atomic E-state index is 12.0. The van der Waals surface area contributed by atoms with Crippen molar-refractivity contribution in [2.75, 3.05) is 32.7 Å². The molecule has 0 aromatic carbocycles. The molecular formula is C12H22ClN3O2. The molecule has 2 fully saturated rings. The lowest BCUT2D eigenvalue weighted by molar-refractivity contribution is -0.139. The van der Waals surface area contributed by atoms with Crippen molar-refractivity contribution in [3.8, 4) is 0 Å². The first-order valence-corrected chi connectivity index (χ1v) is 6.46. The summed E-state index contributed by atoms with van der Waals surface area (Å²) in [5.74, 6) is 0.776. The summed E-state index contributed by atoms with van der Waals surface area (Å²) in [4.78, 5) is 27.0. The molecule has 104 valence electrons. The summed E-state index contributed by atoms with van der Waals surface area (Å²) in [6.45, 7) is 3.31. The number of hydrogen-bond donors (Lipinski definition) is 1. The highest BCUT2D eigenvalue weighted by atomic mass is 35.5. The van der Waals surface area contributed by atoms with Crippen LogP contribution in [0.2, 0.25) is 0 Å². The Hall–Kier alpha value is -0.810. The Morgan fingerprint density at radius 1 is 1.28 bits per heavy atom. The summed E-state index contributed by atoms with van der Waals surface area (Å²) in [7, 11) is 0. The van der Waals surface area contributed by atoms with E-state index in [2.05, 4.69) is 0 Å². The largest absolute Gasteiger partial charge is 0.341 e. The van der Waals surface area contributed by atoms with E-state index in [1.54, 1.807) is 4.90 Å². The van der Waals surface area contributed by atoms with Crippen LogP contribution in [0.25, 0.3) is 0 Å². The lowest BCUT2D eigenvalue weighted by Gasteiger charge is -2.32. The van der Waals surface area contributed by atoms with Crippen LogP contribution in [0.5, 0.6) is 0 Å². The molecule has 0 aromatic heterocycles. The minimum absolute atomic E-state index is 0. The zero-order valence-electron chi connectivity index (χ0n) is 10.6. The van der Waals surface area contributed by atoms with Crippen molar-refractivity contribution < 1.29 is 9.59 Å². The van der Waals surface area contributed by atoms with Crippen molar-refractivity contribution in [3.05, 3.63) is 0 Å². The molecule has 0 spiro atoms. The van der Waals surface area contributed by atoms with E-state index in [1.807, 2.05) is 4.90 Å². The first-order valence-electron chi connectivity index (χ1n) is 6.46. The fraction of sp³-hybridized carbons (Fsp3) is 0.833. The van der Waals surface area contributed by atoms with Gasteiger partial charge in [0.15, 0.2) is 0 Å². The minimum atomic E-state index is 0. The lowest BCUT2D eigenvalue weighted by Crippen LogP contribution is -2.45. The number of nitrogens with zero attached hydrogens (tertiary/aromatic N) is 2. The highest BCUT2D eigenvalue weighted by Gasteiger charge is 2.27. The van der Waals surface area contributed by atoms with E-state index >= 15 is 0 Å². The molecule has 2 aliphatic rings. The topological polar surface area (TPSA) is 66.6 Å². The second kappa shape index (κ2) is 6.95. The molecule has 0 aliphatic carbocycles. The predicted octanol–water partition coefficient (Wildman–Crippen LogP) is 0.228. The number of halogens is 1. The fourth-order valence-electron chi connectivity index (χ4n) is 2.55. The Bertz CT molecular complexity index is 304. The van der Waals surface area contributed by atoms with Gasteiger partial charge in [0.05, 0.1) is 6.54 Å². The summed E-state index contributed by atoms with van der Waals surface area (Å²) < 4.78 is 0. The minimum Gasteiger partial charge on any atom is -0.341 e. The normalized spacial score (nSPS) is 21.1. The van der Waals surface area contributed by atoms with Gasteiger partial charge in [0.25, 0.3) is 0 Å². The van der Waals surface area contributed by atoms with E-state index in [9.17, 15) is 9.59 Å². The van der Waals surface area contributed by atoms with E-state index in [4.69, 9.17) is 5.73 Å². The van der Waals surface area contributed by atoms with Gasteiger partial charge in [-0.2, -0.15) is 0 Å². The van der Waals surface area contributed by atoms with Gasteiger partial charge < -0.3 is 15.5 Å². The Balaban J connectivity index is 0.00000162. The number of piperidine rings is 1. The third-order valence-electron chi connectivity index (χ3n) is 3.80. The van der Waals surface area contributed by atoms with Gasteiger partial charge in [-0.15, -0.1) is 12.4 Å². The van der Waals surface area contributed by atoms with Crippen LogP contribution in [0.1, 0.15) is 25.7 Å². The average Bonchev–Trinajstić information content (AvgIpc) is 2.75. The van der Waals surface area contributed by atoms with Crippen molar-refractivity contribution in [2.24, 2.45) is 11.7 Å². The number of nitrogens with two attached hydrogens (primary N) is 1. The molecule has 2 saturated heterocycles. The molecule has 0 radical (unpaired) electrons. The van der Waals surface area contributed by atoms with E-state index in [-0.39, 0.29) is 30.8 Å². The molecule has 6 heteroatoms. The van der Waals surface area contributed by atoms with Gasteiger partial charge in [-0.3, -0.25) is 9.59 Å². The van der Waals surface area contributed by atoms with Crippen LogP contribution in [0.15, 0.2) is 0 Å². The number of hydrogen-bond acceptors (Lipinski definition) is 3. The first-order chi connectivity index (χ1) is 8.20. The number of carbonyl (C=O) groups excluding carboxylic acids is 2. The van der Waals surface area contributed by atoms with Crippen molar-refractivity contribution in [1.29, 1.82) is 0 Å². The standard InChI is InChI=1S/C12H21N3O2.ClH/c13-8-10-3-6-14(7-4-10)12(17)9-15-5-1-2-11(15)16;/h10H,1-9,13H2;1H. The number of likely N-dealkylation sites (tertiary alicyclic amines) is 2.